The minimum Gasteiger partial charge on any atom is -0.393 e. The molecule has 6 nitrogen and oxygen atoms in total. The lowest BCUT2D eigenvalue weighted by Gasteiger charge is -2.62. The van der Waals surface area contributed by atoms with Crippen LogP contribution in [0.2, 0.25) is 0 Å². The second-order valence-electron chi connectivity index (χ2n) is 16.5. The topological polar surface area (TPSA) is 103 Å². The van der Waals surface area contributed by atoms with Crippen LogP contribution in [-0.4, -0.2) is 67.7 Å². The number of hydrogen-bond donors (Lipinski definition) is 6. The Balaban J connectivity index is 1.20. The molecule has 4 aliphatic rings. The molecule has 4 aliphatic carbocycles. The number of nitrogens with one attached hydrogen (secondary N) is 3. The van der Waals surface area contributed by atoms with Crippen molar-refractivity contribution < 1.29 is 10.2 Å². The molecule has 6 heteroatoms. The molecule has 0 aromatic carbocycles. The molecule has 43 heavy (non-hydrogen) atoms. The van der Waals surface area contributed by atoms with E-state index in [0.29, 0.717) is 52.4 Å². The highest BCUT2D eigenvalue weighted by molar-refractivity contribution is 5.12. The van der Waals surface area contributed by atoms with Crippen molar-refractivity contribution in [2.24, 2.45) is 58.0 Å². The van der Waals surface area contributed by atoms with E-state index < -0.39 is 0 Å². The fourth-order valence-electron chi connectivity index (χ4n) is 10.8. The predicted octanol–water partition coefficient (Wildman–Crippen LogP) is 5.71. The summed E-state index contributed by atoms with van der Waals surface area (Å²) in [5.41, 5.74) is 6.30. The highest BCUT2D eigenvalue weighted by atomic mass is 16.3. The van der Waals surface area contributed by atoms with Crippen LogP contribution in [0.5, 0.6) is 0 Å². The summed E-state index contributed by atoms with van der Waals surface area (Å²) < 4.78 is 0. The zero-order valence-corrected chi connectivity index (χ0v) is 28.9. The molecule has 0 saturated heterocycles. The van der Waals surface area contributed by atoms with Crippen LogP contribution in [0.25, 0.3) is 0 Å². The standard InChI is InChI=1S/C37H72N4O2/c1-26(2)33(42)13-10-27(3)30-11-12-31-35-32(15-17-37(30,31)5)36(4)16-14-29(24-28(36)25-34(35)43)41-23-9-22-40-20-7-6-19-39-21-8-18-38/h26-35,39-43H,6-25,38H2,1-5H3/t27-,28-,29-,30-,31+,32+,33-,34+,35+,36+,37-/m1/s1. The van der Waals surface area contributed by atoms with Gasteiger partial charge < -0.3 is 31.9 Å². The molecule has 0 aliphatic heterocycles. The number of nitrogens with two attached hydrogens (primary N) is 1. The Bertz CT molecular complexity index is 811. The van der Waals surface area contributed by atoms with Gasteiger partial charge in [0.2, 0.25) is 0 Å². The summed E-state index contributed by atoms with van der Waals surface area (Å²) in [6.07, 6.45) is 16.7. The third-order valence-corrected chi connectivity index (χ3v) is 13.6. The fourth-order valence-corrected chi connectivity index (χ4v) is 10.8. The van der Waals surface area contributed by atoms with Crippen LogP contribution in [0.15, 0.2) is 0 Å². The van der Waals surface area contributed by atoms with Gasteiger partial charge in [-0.1, -0.05) is 34.6 Å². The molecule has 7 N–H and O–H groups in total. The number of aliphatic hydroxyl groups is 2. The van der Waals surface area contributed by atoms with E-state index in [1.54, 1.807) is 0 Å². The second kappa shape index (κ2) is 16.5. The first-order valence-corrected chi connectivity index (χ1v) is 18.8. The van der Waals surface area contributed by atoms with Gasteiger partial charge >= 0.3 is 0 Å². The van der Waals surface area contributed by atoms with Gasteiger partial charge in [0.15, 0.2) is 0 Å². The first-order chi connectivity index (χ1) is 20.6. The van der Waals surface area contributed by atoms with Crippen LogP contribution in [0, 0.1) is 52.3 Å². The minimum absolute atomic E-state index is 0.122. The third-order valence-electron chi connectivity index (χ3n) is 13.6. The highest BCUT2D eigenvalue weighted by Crippen LogP contribution is 2.68. The van der Waals surface area contributed by atoms with Gasteiger partial charge in [-0.15, -0.1) is 0 Å². The van der Waals surface area contributed by atoms with Crippen LogP contribution in [0.1, 0.15) is 125 Å². The molecule has 4 saturated carbocycles. The Kier molecular flexibility index (Phi) is 13.7. The van der Waals surface area contributed by atoms with Crippen LogP contribution < -0.4 is 21.7 Å². The maximum Gasteiger partial charge on any atom is 0.0577 e. The van der Waals surface area contributed by atoms with Crippen molar-refractivity contribution in [3.8, 4) is 0 Å². The SMILES string of the molecule is CC(C)[C@H](O)CC[C@@H](C)[C@H]1CC[C@H]2[C@@H]3[C@@H](O)C[C@H]4C[C@H](NCCCNCCCCNCCCN)CC[C@]4(C)[C@H]3CC[C@]12C. The number of rotatable bonds is 18. The molecule has 0 aromatic rings. The van der Waals surface area contributed by atoms with E-state index in [2.05, 4.69) is 50.6 Å². The molecule has 0 amide bonds. The van der Waals surface area contributed by atoms with Crippen LogP contribution in [0.4, 0.5) is 0 Å². The van der Waals surface area contributed by atoms with E-state index in [4.69, 9.17) is 5.73 Å². The Morgan fingerprint density at radius 1 is 0.767 bits per heavy atom. The van der Waals surface area contributed by atoms with Gasteiger partial charge in [0.05, 0.1) is 12.2 Å². The van der Waals surface area contributed by atoms with Crippen LogP contribution in [-0.2, 0) is 0 Å². The molecule has 0 bridgehead atoms. The number of aliphatic hydroxyl groups excluding tert-OH is 2. The lowest BCUT2D eigenvalue weighted by molar-refractivity contribution is -0.167. The van der Waals surface area contributed by atoms with Gasteiger partial charge in [0.25, 0.3) is 0 Å². The zero-order valence-electron chi connectivity index (χ0n) is 28.9. The van der Waals surface area contributed by atoms with Crippen molar-refractivity contribution in [2.45, 2.75) is 143 Å². The molecular formula is C37H72N4O2. The Hall–Kier alpha value is -0.240. The summed E-state index contributed by atoms with van der Waals surface area (Å²) in [5.74, 6) is 4.28. The maximum absolute atomic E-state index is 11.8. The summed E-state index contributed by atoms with van der Waals surface area (Å²) in [4.78, 5) is 0. The van der Waals surface area contributed by atoms with Gasteiger partial charge in [-0.05, 0) is 181 Å². The summed E-state index contributed by atoms with van der Waals surface area (Å²) in [6.45, 7) is 18.2. The molecule has 252 valence electrons. The lowest BCUT2D eigenvalue weighted by atomic mass is 9.43. The average Bonchev–Trinajstić information content (AvgIpc) is 3.34. The van der Waals surface area contributed by atoms with Crippen molar-refractivity contribution in [3.05, 3.63) is 0 Å². The molecule has 0 spiro atoms. The van der Waals surface area contributed by atoms with E-state index in [0.717, 1.165) is 70.9 Å². The summed E-state index contributed by atoms with van der Waals surface area (Å²) >= 11 is 0. The van der Waals surface area contributed by atoms with Gasteiger partial charge in [0.1, 0.15) is 0 Å². The molecular weight excluding hydrogens is 532 g/mol. The van der Waals surface area contributed by atoms with E-state index in [1.807, 2.05) is 0 Å². The average molecular weight is 605 g/mol. The van der Waals surface area contributed by atoms with E-state index >= 15 is 0 Å². The molecule has 4 rings (SSSR count). The second-order valence-corrected chi connectivity index (χ2v) is 16.5. The van der Waals surface area contributed by atoms with Crippen molar-refractivity contribution >= 4 is 0 Å². The summed E-state index contributed by atoms with van der Waals surface area (Å²) in [6, 6.07) is 0.619. The predicted molar refractivity (Wildman–Crippen MR) is 181 cm³/mol. The Morgan fingerprint density at radius 3 is 2.12 bits per heavy atom. The first-order valence-electron chi connectivity index (χ1n) is 18.8. The third kappa shape index (κ3) is 8.57. The van der Waals surface area contributed by atoms with Crippen molar-refractivity contribution in [1.29, 1.82) is 0 Å². The molecule has 0 heterocycles. The van der Waals surface area contributed by atoms with Crippen LogP contribution >= 0.6 is 0 Å². The zero-order chi connectivity index (χ0) is 31.0. The monoisotopic (exact) mass is 605 g/mol. The van der Waals surface area contributed by atoms with E-state index in [-0.39, 0.29) is 12.2 Å². The lowest BCUT2D eigenvalue weighted by Crippen LogP contribution is -2.59. The summed E-state index contributed by atoms with van der Waals surface area (Å²) in [5, 5.41) is 33.2. The van der Waals surface area contributed by atoms with Gasteiger partial charge in [-0.2, -0.15) is 0 Å². The maximum atomic E-state index is 11.8. The summed E-state index contributed by atoms with van der Waals surface area (Å²) in [7, 11) is 0. The van der Waals surface area contributed by atoms with Crippen molar-refractivity contribution in [2.75, 3.05) is 39.3 Å². The molecule has 0 unspecified atom stereocenters. The smallest absolute Gasteiger partial charge is 0.0577 e. The van der Waals surface area contributed by atoms with Crippen molar-refractivity contribution in [3.63, 3.8) is 0 Å². The van der Waals surface area contributed by atoms with E-state index in [9.17, 15) is 10.2 Å². The normalized spacial score (nSPS) is 38.9. The first kappa shape index (κ1) is 35.6. The number of fused-ring (bicyclic) bond motifs is 5. The van der Waals surface area contributed by atoms with Gasteiger partial charge in [-0.25, -0.2) is 0 Å². The quantitative estimate of drug-likeness (QED) is 0.112. The molecule has 0 aromatic heterocycles. The van der Waals surface area contributed by atoms with Crippen LogP contribution in [0.3, 0.4) is 0 Å². The highest BCUT2D eigenvalue weighted by Gasteiger charge is 2.62. The molecule has 4 fully saturated rings. The van der Waals surface area contributed by atoms with E-state index in [1.165, 1.54) is 64.2 Å². The number of hydrogen-bond acceptors (Lipinski definition) is 6. The largest absolute Gasteiger partial charge is 0.393 e. The Morgan fingerprint density at radius 2 is 1.42 bits per heavy atom. The fraction of sp³-hybridized carbons (Fsp3) is 1.00. The van der Waals surface area contributed by atoms with Crippen molar-refractivity contribution in [1.82, 2.24) is 16.0 Å². The Labute approximate surface area is 265 Å². The van der Waals surface area contributed by atoms with Gasteiger partial charge in [-0.3, -0.25) is 0 Å². The molecule has 11 atom stereocenters. The minimum atomic E-state index is -0.170. The number of unbranched alkanes of at least 4 members (excludes halogenated alkanes) is 1. The molecule has 0 radical (unpaired) electrons. The van der Waals surface area contributed by atoms with Gasteiger partial charge in [0, 0.05) is 6.04 Å².